The molecule has 16 heavy (non-hydrogen) atoms. The lowest BCUT2D eigenvalue weighted by Crippen LogP contribution is -2.49. The van der Waals surface area contributed by atoms with Gasteiger partial charge in [-0.1, -0.05) is 0 Å². The predicted octanol–water partition coefficient (Wildman–Crippen LogP) is -0.683. The zero-order valence-corrected chi connectivity index (χ0v) is 9.08. The van der Waals surface area contributed by atoms with Crippen LogP contribution in [0.25, 0.3) is 0 Å². The summed E-state index contributed by atoms with van der Waals surface area (Å²) < 4.78 is 5.10. The minimum absolute atomic E-state index is 0.0360. The lowest BCUT2D eigenvalue weighted by Gasteiger charge is -2.29. The lowest BCUT2D eigenvalue weighted by atomic mass is 10.3. The molecule has 1 rings (SSSR count). The fraction of sp³-hybridized carbons (Fsp3) is 0.750. The number of carboxylic acid groups (broad SMARTS) is 1. The highest BCUT2D eigenvalue weighted by atomic mass is 17.0. The molecule has 0 saturated carbocycles. The Kier molecular flexibility index (Phi) is 4.47. The van der Waals surface area contributed by atoms with Gasteiger partial charge < -0.3 is 19.6 Å². The molecule has 8 heteroatoms. The highest BCUT2D eigenvalue weighted by molar-refractivity contribution is 5.76. The third-order valence-corrected chi connectivity index (χ3v) is 2.08. The van der Waals surface area contributed by atoms with E-state index in [2.05, 4.69) is 4.84 Å². The molecule has 8 nitrogen and oxygen atoms in total. The maximum atomic E-state index is 11.4. The summed E-state index contributed by atoms with van der Waals surface area (Å²) in [5.74, 6) is -0.685. The monoisotopic (exact) mass is 234 g/mol. The van der Waals surface area contributed by atoms with Crippen LogP contribution in [0.4, 0.5) is 4.79 Å². The molecule has 1 aliphatic heterocycles. The number of ether oxygens (including phenoxy) is 1. The maximum absolute atomic E-state index is 11.4. The van der Waals surface area contributed by atoms with Crippen molar-refractivity contribution in [2.45, 2.75) is 6.10 Å². The largest absolute Gasteiger partial charge is 0.465 e. The lowest BCUT2D eigenvalue weighted by molar-refractivity contribution is -0.323. The van der Waals surface area contributed by atoms with E-state index < -0.39 is 18.2 Å². The van der Waals surface area contributed by atoms with Gasteiger partial charge in [0.25, 0.3) is 0 Å². The number of hydrogen-bond donors (Lipinski definition) is 1. The Hall–Kier alpha value is -1.38. The standard InChI is InChI=1S/C8H14N2O6/c1-9(14-2)16-7(11)6-5-10(8(12)13)3-4-15-6/h6H,3-5H2,1-2H3,(H,12,13)/t6-/m1/s1. The van der Waals surface area contributed by atoms with Crippen molar-refractivity contribution in [1.29, 1.82) is 0 Å². The van der Waals surface area contributed by atoms with Gasteiger partial charge in [0, 0.05) is 6.54 Å². The van der Waals surface area contributed by atoms with E-state index in [1.807, 2.05) is 0 Å². The third-order valence-electron chi connectivity index (χ3n) is 2.08. The van der Waals surface area contributed by atoms with Crippen LogP contribution in [0.5, 0.6) is 0 Å². The van der Waals surface area contributed by atoms with E-state index in [0.29, 0.717) is 0 Å². The van der Waals surface area contributed by atoms with Crippen LogP contribution in [0.1, 0.15) is 0 Å². The van der Waals surface area contributed by atoms with Crippen LogP contribution in [-0.2, 0) is 19.2 Å². The molecule has 92 valence electrons. The van der Waals surface area contributed by atoms with E-state index in [1.165, 1.54) is 14.2 Å². The Morgan fingerprint density at radius 3 is 2.81 bits per heavy atom. The number of amides is 1. The molecule has 1 heterocycles. The van der Waals surface area contributed by atoms with Crippen molar-refractivity contribution < 1.29 is 29.1 Å². The molecule has 0 spiro atoms. The van der Waals surface area contributed by atoms with E-state index >= 15 is 0 Å². The molecule has 1 atom stereocenters. The zero-order chi connectivity index (χ0) is 12.1. The summed E-state index contributed by atoms with van der Waals surface area (Å²) in [6, 6.07) is 0. The summed E-state index contributed by atoms with van der Waals surface area (Å²) in [4.78, 5) is 32.5. The number of carbonyl (C=O) groups is 2. The molecule has 1 aliphatic rings. The maximum Gasteiger partial charge on any atom is 0.407 e. The summed E-state index contributed by atoms with van der Waals surface area (Å²) in [6.45, 7) is 0.383. The number of hydrogen-bond acceptors (Lipinski definition) is 6. The van der Waals surface area contributed by atoms with Gasteiger partial charge in [0.05, 0.1) is 27.3 Å². The molecule has 0 bridgehead atoms. The first-order valence-corrected chi connectivity index (χ1v) is 4.63. The number of nitrogens with zero attached hydrogens (tertiary/aromatic N) is 2. The van der Waals surface area contributed by atoms with Crippen LogP contribution < -0.4 is 0 Å². The second-order valence-electron chi connectivity index (χ2n) is 3.12. The van der Waals surface area contributed by atoms with Gasteiger partial charge in [0.2, 0.25) is 0 Å². The van der Waals surface area contributed by atoms with Crippen LogP contribution in [0.15, 0.2) is 0 Å². The average Bonchev–Trinajstić information content (AvgIpc) is 2.28. The Labute approximate surface area is 92.2 Å². The Balaban J connectivity index is 2.47. The van der Waals surface area contributed by atoms with E-state index in [1.54, 1.807) is 0 Å². The number of hydroxylamine groups is 2. The molecule has 0 unspecified atom stereocenters. The summed E-state index contributed by atoms with van der Waals surface area (Å²) in [5, 5.41) is 9.62. The normalized spacial score (nSPS) is 20.9. The molecule has 0 radical (unpaired) electrons. The van der Waals surface area contributed by atoms with Crippen LogP contribution in [-0.4, -0.2) is 67.3 Å². The summed E-state index contributed by atoms with van der Waals surface area (Å²) >= 11 is 0. The molecule has 1 saturated heterocycles. The SMILES string of the molecule is CON(C)OC(=O)[C@H]1CN(C(=O)O)CCO1. The van der Waals surface area contributed by atoms with Crippen molar-refractivity contribution >= 4 is 12.1 Å². The van der Waals surface area contributed by atoms with Gasteiger partial charge in [-0.15, -0.1) is 0 Å². The summed E-state index contributed by atoms with van der Waals surface area (Å²) in [7, 11) is 2.73. The molecule has 0 aromatic heterocycles. The first-order chi connectivity index (χ1) is 7.54. The van der Waals surface area contributed by atoms with E-state index in [4.69, 9.17) is 14.7 Å². The number of rotatable bonds is 3. The van der Waals surface area contributed by atoms with Crippen LogP contribution in [0, 0.1) is 0 Å². The fourth-order valence-corrected chi connectivity index (χ4v) is 1.19. The van der Waals surface area contributed by atoms with Crippen molar-refractivity contribution in [3.63, 3.8) is 0 Å². The average molecular weight is 234 g/mol. The van der Waals surface area contributed by atoms with Crippen molar-refractivity contribution in [1.82, 2.24) is 10.1 Å². The van der Waals surface area contributed by atoms with Crippen LogP contribution in [0.2, 0.25) is 0 Å². The van der Waals surface area contributed by atoms with Gasteiger partial charge in [-0.05, 0) is 5.23 Å². The molecular weight excluding hydrogens is 220 g/mol. The third kappa shape index (κ3) is 3.33. The first-order valence-electron chi connectivity index (χ1n) is 4.63. The zero-order valence-electron chi connectivity index (χ0n) is 9.08. The molecule has 0 aromatic carbocycles. The molecule has 0 aliphatic carbocycles. The minimum Gasteiger partial charge on any atom is -0.465 e. The van der Waals surface area contributed by atoms with Crippen molar-refractivity contribution in [2.75, 3.05) is 33.9 Å². The highest BCUT2D eigenvalue weighted by Gasteiger charge is 2.31. The fourth-order valence-electron chi connectivity index (χ4n) is 1.19. The Morgan fingerprint density at radius 2 is 2.25 bits per heavy atom. The Bertz CT molecular complexity index is 271. The quantitative estimate of drug-likeness (QED) is 0.647. The summed E-state index contributed by atoms with van der Waals surface area (Å²) in [6.07, 6.45) is -2.00. The van der Waals surface area contributed by atoms with Gasteiger partial charge in [0.15, 0.2) is 6.10 Å². The predicted molar refractivity (Wildman–Crippen MR) is 50.2 cm³/mol. The van der Waals surface area contributed by atoms with Gasteiger partial charge >= 0.3 is 12.1 Å². The smallest absolute Gasteiger partial charge is 0.407 e. The van der Waals surface area contributed by atoms with E-state index in [0.717, 1.165) is 10.1 Å². The summed E-state index contributed by atoms with van der Waals surface area (Å²) in [5.41, 5.74) is 0. The highest BCUT2D eigenvalue weighted by Crippen LogP contribution is 2.07. The van der Waals surface area contributed by atoms with Crippen LogP contribution in [0.3, 0.4) is 0 Å². The van der Waals surface area contributed by atoms with Gasteiger partial charge in [-0.25, -0.2) is 9.59 Å². The van der Waals surface area contributed by atoms with E-state index in [-0.39, 0.29) is 19.7 Å². The topological polar surface area (TPSA) is 88.5 Å². The molecule has 0 aromatic rings. The molecule has 1 amide bonds. The van der Waals surface area contributed by atoms with Gasteiger partial charge in [-0.3, -0.25) is 4.84 Å². The molecular formula is C8H14N2O6. The number of morpholine rings is 1. The second kappa shape index (κ2) is 5.64. The van der Waals surface area contributed by atoms with Gasteiger partial charge in [-0.2, -0.15) is 0 Å². The van der Waals surface area contributed by atoms with E-state index in [9.17, 15) is 9.59 Å². The molecule has 1 N–H and O–H groups in total. The molecule has 1 fully saturated rings. The number of carbonyl (C=O) groups excluding carboxylic acids is 1. The Morgan fingerprint density at radius 1 is 1.56 bits per heavy atom. The van der Waals surface area contributed by atoms with Crippen molar-refractivity contribution in [3.05, 3.63) is 0 Å². The van der Waals surface area contributed by atoms with Crippen molar-refractivity contribution in [2.24, 2.45) is 0 Å². The van der Waals surface area contributed by atoms with Crippen LogP contribution >= 0.6 is 0 Å². The van der Waals surface area contributed by atoms with Crippen molar-refractivity contribution in [3.8, 4) is 0 Å². The minimum atomic E-state index is -1.08. The van der Waals surface area contributed by atoms with Gasteiger partial charge in [0.1, 0.15) is 0 Å². The second-order valence-corrected chi connectivity index (χ2v) is 3.12. The first kappa shape index (κ1) is 12.7.